The molecule has 0 spiro atoms. The zero-order valence-electron chi connectivity index (χ0n) is 11.0. The molecule has 0 radical (unpaired) electrons. The largest absolute Gasteiger partial charge is 0.398 e. The Labute approximate surface area is 118 Å². The minimum absolute atomic E-state index is 0.0115. The average Bonchev–Trinajstić information content (AvgIpc) is 2.33. The molecule has 0 aliphatic rings. The number of nitrogen functional groups attached to an aromatic ring is 1. The number of halogens is 1. The molecule has 0 aromatic heterocycles. The van der Waals surface area contributed by atoms with E-state index in [0.717, 1.165) is 5.56 Å². The van der Waals surface area contributed by atoms with Crippen LogP contribution in [0.3, 0.4) is 0 Å². The summed E-state index contributed by atoms with van der Waals surface area (Å²) >= 11 is 5.83. The molecule has 2 aromatic rings. The summed E-state index contributed by atoms with van der Waals surface area (Å²) in [7, 11) is 0. The molecule has 2 N–H and O–H groups in total. The van der Waals surface area contributed by atoms with Gasteiger partial charge in [-0.25, -0.2) is 0 Å². The topological polar surface area (TPSA) is 43.1 Å². The van der Waals surface area contributed by atoms with Crippen LogP contribution in [0.1, 0.15) is 27.0 Å². The van der Waals surface area contributed by atoms with Gasteiger partial charge in [-0.2, -0.15) is 0 Å². The first-order valence-corrected chi connectivity index (χ1v) is 6.49. The van der Waals surface area contributed by atoms with Crippen LogP contribution in [0.25, 0.3) is 0 Å². The van der Waals surface area contributed by atoms with E-state index in [1.165, 1.54) is 11.1 Å². The van der Waals surface area contributed by atoms with Gasteiger partial charge in [-0.05, 0) is 48.7 Å². The maximum atomic E-state index is 12.2. The van der Waals surface area contributed by atoms with Crippen molar-refractivity contribution >= 4 is 23.1 Å². The van der Waals surface area contributed by atoms with Crippen molar-refractivity contribution in [3.8, 4) is 0 Å². The van der Waals surface area contributed by atoms with Crippen LogP contribution in [-0.4, -0.2) is 5.78 Å². The number of anilines is 1. The van der Waals surface area contributed by atoms with E-state index in [1.807, 2.05) is 25.1 Å². The van der Waals surface area contributed by atoms with Crippen LogP contribution in [0.15, 0.2) is 36.4 Å². The number of rotatable bonds is 3. The molecule has 0 aliphatic carbocycles. The molecule has 0 heterocycles. The fourth-order valence-electron chi connectivity index (χ4n) is 1.98. The highest BCUT2D eigenvalue weighted by atomic mass is 35.5. The van der Waals surface area contributed by atoms with Gasteiger partial charge in [0.1, 0.15) is 0 Å². The first kappa shape index (κ1) is 13.6. The summed E-state index contributed by atoms with van der Waals surface area (Å²) in [5.74, 6) is 0.0115. The van der Waals surface area contributed by atoms with Gasteiger partial charge in [0.15, 0.2) is 5.78 Å². The van der Waals surface area contributed by atoms with Crippen LogP contribution in [-0.2, 0) is 6.42 Å². The van der Waals surface area contributed by atoms with E-state index in [9.17, 15) is 4.79 Å². The van der Waals surface area contributed by atoms with E-state index in [0.29, 0.717) is 22.7 Å². The third-order valence-corrected chi connectivity index (χ3v) is 3.49. The number of carbonyl (C=O) groups excluding carboxylic acids is 1. The molecule has 3 heteroatoms. The van der Waals surface area contributed by atoms with Crippen LogP contribution in [0.4, 0.5) is 5.69 Å². The molecule has 19 heavy (non-hydrogen) atoms. The van der Waals surface area contributed by atoms with E-state index in [2.05, 4.69) is 6.92 Å². The van der Waals surface area contributed by atoms with Crippen LogP contribution < -0.4 is 5.73 Å². The van der Waals surface area contributed by atoms with E-state index >= 15 is 0 Å². The lowest BCUT2D eigenvalue weighted by molar-refractivity contribution is 0.0994. The lowest BCUT2D eigenvalue weighted by Crippen LogP contribution is -2.07. The number of carbonyl (C=O) groups is 1. The predicted octanol–water partition coefficient (Wildman–Crippen LogP) is 3.96. The molecule has 0 amide bonds. The Hall–Kier alpha value is -1.80. The molecule has 2 aromatic carbocycles. The second-order valence-electron chi connectivity index (χ2n) is 4.75. The smallest absolute Gasteiger partial charge is 0.169 e. The van der Waals surface area contributed by atoms with Gasteiger partial charge in [0.05, 0.1) is 0 Å². The molecule has 0 fully saturated rings. The Morgan fingerprint density at radius 2 is 1.84 bits per heavy atom. The van der Waals surface area contributed by atoms with Crippen LogP contribution >= 0.6 is 11.6 Å². The zero-order valence-corrected chi connectivity index (χ0v) is 11.8. The highest BCUT2D eigenvalue weighted by molar-refractivity contribution is 6.31. The van der Waals surface area contributed by atoms with E-state index in [-0.39, 0.29) is 5.78 Å². The molecule has 0 saturated carbocycles. The van der Waals surface area contributed by atoms with Gasteiger partial charge in [0.2, 0.25) is 0 Å². The number of aryl methyl sites for hydroxylation is 2. The van der Waals surface area contributed by atoms with Gasteiger partial charge in [-0.3, -0.25) is 4.79 Å². The van der Waals surface area contributed by atoms with Gasteiger partial charge in [0.25, 0.3) is 0 Å². The zero-order chi connectivity index (χ0) is 14.0. The number of ketones is 1. The summed E-state index contributed by atoms with van der Waals surface area (Å²) in [4.78, 5) is 12.2. The Balaban J connectivity index is 2.23. The number of benzene rings is 2. The lowest BCUT2D eigenvalue weighted by Gasteiger charge is -2.07. The van der Waals surface area contributed by atoms with Crippen molar-refractivity contribution in [2.24, 2.45) is 0 Å². The molecule has 0 saturated heterocycles. The van der Waals surface area contributed by atoms with Gasteiger partial charge < -0.3 is 5.73 Å². The van der Waals surface area contributed by atoms with Crippen LogP contribution in [0.2, 0.25) is 5.02 Å². The molecule has 98 valence electrons. The SMILES string of the molecule is Cc1ccc(CC(=O)c2ccc(Cl)cc2N)cc1C. The summed E-state index contributed by atoms with van der Waals surface area (Å²) in [6.45, 7) is 4.10. The molecular formula is C16H16ClNO. The first-order chi connectivity index (χ1) is 8.97. The van der Waals surface area contributed by atoms with Crippen molar-refractivity contribution in [1.82, 2.24) is 0 Å². The Kier molecular flexibility index (Phi) is 3.91. The van der Waals surface area contributed by atoms with Crippen molar-refractivity contribution in [3.05, 3.63) is 63.7 Å². The van der Waals surface area contributed by atoms with E-state index in [1.54, 1.807) is 18.2 Å². The van der Waals surface area contributed by atoms with Gasteiger partial charge in [-0.15, -0.1) is 0 Å². The maximum absolute atomic E-state index is 12.2. The van der Waals surface area contributed by atoms with Crippen molar-refractivity contribution in [1.29, 1.82) is 0 Å². The second kappa shape index (κ2) is 5.45. The summed E-state index contributed by atoms with van der Waals surface area (Å²) in [6, 6.07) is 11.0. The maximum Gasteiger partial charge on any atom is 0.169 e. The summed E-state index contributed by atoms with van der Waals surface area (Å²) in [6.07, 6.45) is 0.354. The summed E-state index contributed by atoms with van der Waals surface area (Å²) in [5, 5.41) is 0.542. The van der Waals surface area contributed by atoms with Crippen molar-refractivity contribution < 1.29 is 4.79 Å². The van der Waals surface area contributed by atoms with Crippen LogP contribution in [0.5, 0.6) is 0 Å². The summed E-state index contributed by atoms with van der Waals surface area (Å²) in [5.41, 5.74) is 10.2. The third kappa shape index (κ3) is 3.15. The number of Topliss-reactive ketones (excluding diaryl/α,β-unsaturated/α-hetero) is 1. The van der Waals surface area contributed by atoms with Gasteiger partial charge >= 0.3 is 0 Å². The van der Waals surface area contributed by atoms with Gasteiger partial charge in [-0.1, -0.05) is 29.8 Å². The highest BCUT2D eigenvalue weighted by Gasteiger charge is 2.11. The van der Waals surface area contributed by atoms with E-state index in [4.69, 9.17) is 17.3 Å². The predicted molar refractivity (Wildman–Crippen MR) is 79.8 cm³/mol. The van der Waals surface area contributed by atoms with Crippen molar-refractivity contribution in [3.63, 3.8) is 0 Å². The van der Waals surface area contributed by atoms with Crippen molar-refractivity contribution in [2.75, 3.05) is 5.73 Å². The highest BCUT2D eigenvalue weighted by Crippen LogP contribution is 2.20. The summed E-state index contributed by atoms with van der Waals surface area (Å²) < 4.78 is 0. The molecule has 0 bridgehead atoms. The molecule has 0 unspecified atom stereocenters. The standard InChI is InChI=1S/C16H16ClNO/c1-10-3-4-12(7-11(10)2)8-16(19)14-6-5-13(17)9-15(14)18/h3-7,9H,8,18H2,1-2H3. The quantitative estimate of drug-likeness (QED) is 0.679. The lowest BCUT2D eigenvalue weighted by atomic mass is 9.99. The fourth-order valence-corrected chi connectivity index (χ4v) is 2.16. The first-order valence-electron chi connectivity index (χ1n) is 6.11. The Bertz CT molecular complexity index is 635. The normalized spacial score (nSPS) is 10.5. The molecule has 2 rings (SSSR count). The number of nitrogens with two attached hydrogens (primary N) is 1. The van der Waals surface area contributed by atoms with E-state index < -0.39 is 0 Å². The molecule has 0 aliphatic heterocycles. The number of hydrogen-bond donors (Lipinski definition) is 1. The Morgan fingerprint density at radius 3 is 2.47 bits per heavy atom. The van der Waals surface area contributed by atoms with Gasteiger partial charge in [0, 0.05) is 22.7 Å². The van der Waals surface area contributed by atoms with Crippen molar-refractivity contribution in [2.45, 2.75) is 20.3 Å². The molecular weight excluding hydrogens is 258 g/mol. The second-order valence-corrected chi connectivity index (χ2v) is 5.19. The Morgan fingerprint density at radius 1 is 1.11 bits per heavy atom. The minimum Gasteiger partial charge on any atom is -0.398 e. The average molecular weight is 274 g/mol. The minimum atomic E-state index is 0.0115. The molecule has 0 atom stereocenters. The fraction of sp³-hybridized carbons (Fsp3) is 0.188. The molecule has 2 nitrogen and oxygen atoms in total. The number of hydrogen-bond acceptors (Lipinski definition) is 2. The monoisotopic (exact) mass is 273 g/mol. The third-order valence-electron chi connectivity index (χ3n) is 3.25. The van der Waals surface area contributed by atoms with Crippen LogP contribution in [0, 0.1) is 13.8 Å².